The van der Waals surface area contributed by atoms with E-state index in [1.807, 2.05) is 6.92 Å². The van der Waals surface area contributed by atoms with Crippen LogP contribution in [0.4, 0.5) is 0 Å². The van der Waals surface area contributed by atoms with Crippen LogP contribution in [-0.4, -0.2) is 43.9 Å². The lowest BCUT2D eigenvalue weighted by atomic mass is 10.3. The Morgan fingerprint density at radius 3 is 2.61 bits per heavy atom. The van der Waals surface area contributed by atoms with Gasteiger partial charge in [0.1, 0.15) is 0 Å². The molecule has 0 amide bonds. The molecule has 0 radical (unpaired) electrons. The Kier molecular flexibility index (Phi) is 4.27. The van der Waals surface area contributed by atoms with E-state index in [0.29, 0.717) is 23.9 Å². The molecular weight excluding hydrogens is 274 g/mol. The normalized spacial score (nSPS) is 26.1. The minimum absolute atomic E-state index is 0.138. The van der Waals surface area contributed by atoms with E-state index < -0.39 is 10.0 Å². The summed E-state index contributed by atoms with van der Waals surface area (Å²) in [6.07, 6.45) is -0.380. The molecule has 100 valence electrons. The SMILES string of the molecule is CC1CN(S(=O)(=O)c2ccccc2)CC(CCl)O1. The molecule has 1 aliphatic rings. The summed E-state index contributed by atoms with van der Waals surface area (Å²) >= 11 is 5.76. The Morgan fingerprint density at radius 2 is 2.00 bits per heavy atom. The second kappa shape index (κ2) is 5.57. The fraction of sp³-hybridized carbons (Fsp3) is 0.500. The number of alkyl halides is 1. The molecule has 0 N–H and O–H groups in total. The predicted molar refractivity (Wildman–Crippen MR) is 70.3 cm³/mol. The maximum Gasteiger partial charge on any atom is 0.243 e. The van der Waals surface area contributed by atoms with Crippen molar-refractivity contribution in [1.82, 2.24) is 4.31 Å². The summed E-state index contributed by atoms with van der Waals surface area (Å²) < 4.78 is 31.8. The molecule has 1 aromatic rings. The average molecular weight is 290 g/mol. The molecule has 1 aromatic carbocycles. The van der Waals surface area contributed by atoms with Gasteiger partial charge in [-0.15, -0.1) is 11.6 Å². The molecule has 0 bridgehead atoms. The maximum absolute atomic E-state index is 12.4. The van der Waals surface area contributed by atoms with Gasteiger partial charge >= 0.3 is 0 Å². The highest BCUT2D eigenvalue weighted by atomic mass is 35.5. The van der Waals surface area contributed by atoms with Gasteiger partial charge in [0.05, 0.1) is 17.1 Å². The number of sulfonamides is 1. The number of rotatable bonds is 3. The van der Waals surface area contributed by atoms with Gasteiger partial charge in [0.15, 0.2) is 0 Å². The number of nitrogens with zero attached hydrogens (tertiary/aromatic N) is 1. The topological polar surface area (TPSA) is 46.6 Å². The molecule has 0 spiro atoms. The first-order valence-electron chi connectivity index (χ1n) is 5.80. The molecule has 6 heteroatoms. The van der Waals surface area contributed by atoms with Gasteiger partial charge in [-0.2, -0.15) is 4.31 Å². The smallest absolute Gasteiger partial charge is 0.243 e. The van der Waals surface area contributed by atoms with E-state index in [1.165, 1.54) is 4.31 Å². The van der Waals surface area contributed by atoms with E-state index >= 15 is 0 Å². The van der Waals surface area contributed by atoms with Crippen LogP contribution in [0.1, 0.15) is 6.92 Å². The fourth-order valence-corrected chi connectivity index (χ4v) is 3.76. The first-order valence-corrected chi connectivity index (χ1v) is 7.78. The highest BCUT2D eigenvalue weighted by Gasteiger charge is 2.33. The number of hydrogen-bond acceptors (Lipinski definition) is 3. The van der Waals surface area contributed by atoms with Crippen LogP contribution in [0.15, 0.2) is 35.2 Å². The molecule has 0 aliphatic carbocycles. The Bertz CT molecular complexity index is 491. The highest BCUT2D eigenvalue weighted by molar-refractivity contribution is 7.89. The summed E-state index contributed by atoms with van der Waals surface area (Å²) in [5.74, 6) is 0.297. The van der Waals surface area contributed by atoms with E-state index in [9.17, 15) is 8.42 Å². The van der Waals surface area contributed by atoms with E-state index in [-0.39, 0.29) is 12.2 Å². The number of morpholine rings is 1. The first kappa shape index (κ1) is 13.8. The van der Waals surface area contributed by atoms with E-state index in [1.54, 1.807) is 30.3 Å². The Hall–Kier alpha value is -0.620. The zero-order valence-electron chi connectivity index (χ0n) is 10.1. The van der Waals surface area contributed by atoms with E-state index in [4.69, 9.17) is 16.3 Å². The van der Waals surface area contributed by atoms with Gasteiger partial charge < -0.3 is 4.74 Å². The van der Waals surface area contributed by atoms with Crippen LogP contribution in [-0.2, 0) is 14.8 Å². The van der Waals surface area contributed by atoms with Gasteiger partial charge in [0.25, 0.3) is 0 Å². The van der Waals surface area contributed by atoms with Gasteiger partial charge in [0.2, 0.25) is 10.0 Å². The zero-order valence-corrected chi connectivity index (χ0v) is 11.7. The number of halogens is 1. The van der Waals surface area contributed by atoms with E-state index in [2.05, 4.69) is 0 Å². The Labute approximate surface area is 113 Å². The van der Waals surface area contributed by atoms with Crippen molar-refractivity contribution in [3.05, 3.63) is 30.3 Å². The van der Waals surface area contributed by atoms with Crippen LogP contribution in [0.3, 0.4) is 0 Å². The molecule has 2 rings (SSSR count). The van der Waals surface area contributed by atoms with Crippen molar-refractivity contribution in [3.8, 4) is 0 Å². The van der Waals surface area contributed by atoms with Crippen molar-refractivity contribution in [1.29, 1.82) is 0 Å². The molecule has 0 aromatic heterocycles. The third kappa shape index (κ3) is 2.85. The van der Waals surface area contributed by atoms with Crippen molar-refractivity contribution < 1.29 is 13.2 Å². The van der Waals surface area contributed by atoms with Gasteiger partial charge in [-0.25, -0.2) is 8.42 Å². The van der Waals surface area contributed by atoms with Crippen LogP contribution in [0.2, 0.25) is 0 Å². The summed E-state index contributed by atoms with van der Waals surface area (Å²) in [4.78, 5) is 0.312. The van der Waals surface area contributed by atoms with Crippen molar-refractivity contribution in [2.45, 2.75) is 24.0 Å². The standard InChI is InChI=1S/C12H16ClNO3S/c1-10-8-14(9-11(7-13)17-10)18(15,16)12-5-3-2-4-6-12/h2-6,10-11H,7-9H2,1H3. The van der Waals surface area contributed by atoms with Crippen LogP contribution >= 0.6 is 11.6 Å². The molecule has 2 atom stereocenters. The molecule has 1 fully saturated rings. The summed E-state index contributed by atoms with van der Waals surface area (Å²) in [6.45, 7) is 2.53. The Morgan fingerprint density at radius 1 is 1.33 bits per heavy atom. The number of ether oxygens (including phenoxy) is 1. The lowest BCUT2D eigenvalue weighted by molar-refractivity contribution is -0.0423. The summed E-state index contributed by atoms with van der Waals surface area (Å²) in [6, 6.07) is 8.43. The number of benzene rings is 1. The molecule has 1 saturated heterocycles. The third-order valence-electron chi connectivity index (χ3n) is 2.85. The number of hydrogen-bond donors (Lipinski definition) is 0. The molecule has 18 heavy (non-hydrogen) atoms. The quantitative estimate of drug-likeness (QED) is 0.796. The van der Waals surface area contributed by atoms with E-state index in [0.717, 1.165) is 0 Å². The largest absolute Gasteiger partial charge is 0.371 e. The lowest BCUT2D eigenvalue weighted by Gasteiger charge is -2.35. The fourth-order valence-electron chi connectivity index (χ4n) is 2.03. The van der Waals surface area contributed by atoms with Gasteiger partial charge in [0, 0.05) is 19.0 Å². The zero-order chi connectivity index (χ0) is 13.2. The monoisotopic (exact) mass is 289 g/mol. The van der Waals surface area contributed by atoms with Crippen LogP contribution in [0.5, 0.6) is 0 Å². The molecular formula is C12H16ClNO3S. The summed E-state index contributed by atoms with van der Waals surface area (Å²) in [7, 11) is -3.44. The maximum atomic E-state index is 12.4. The van der Waals surface area contributed by atoms with Gasteiger partial charge in [-0.1, -0.05) is 18.2 Å². The average Bonchev–Trinajstić information content (AvgIpc) is 2.39. The molecule has 4 nitrogen and oxygen atoms in total. The van der Waals surface area contributed by atoms with Crippen LogP contribution in [0, 0.1) is 0 Å². The lowest BCUT2D eigenvalue weighted by Crippen LogP contribution is -2.49. The molecule has 2 unspecified atom stereocenters. The van der Waals surface area contributed by atoms with Crippen LogP contribution in [0.25, 0.3) is 0 Å². The molecule has 0 saturated carbocycles. The minimum atomic E-state index is -3.44. The van der Waals surface area contributed by atoms with Crippen molar-refractivity contribution in [3.63, 3.8) is 0 Å². The summed E-state index contributed by atoms with van der Waals surface area (Å²) in [5, 5.41) is 0. The Balaban J connectivity index is 2.25. The molecule has 1 aliphatic heterocycles. The first-order chi connectivity index (χ1) is 8.54. The van der Waals surface area contributed by atoms with Crippen LogP contribution < -0.4 is 0 Å². The van der Waals surface area contributed by atoms with Gasteiger partial charge in [-0.05, 0) is 19.1 Å². The minimum Gasteiger partial charge on any atom is -0.371 e. The van der Waals surface area contributed by atoms with Crippen molar-refractivity contribution in [2.75, 3.05) is 19.0 Å². The third-order valence-corrected chi connectivity index (χ3v) is 5.04. The second-order valence-electron chi connectivity index (χ2n) is 4.36. The summed E-state index contributed by atoms with van der Waals surface area (Å²) in [5.41, 5.74) is 0. The van der Waals surface area contributed by atoms with Crippen molar-refractivity contribution in [2.24, 2.45) is 0 Å². The second-order valence-corrected chi connectivity index (χ2v) is 6.60. The molecule has 1 heterocycles. The predicted octanol–water partition coefficient (Wildman–Crippen LogP) is 1.70. The highest BCUT2D eigenvalue weighted by Crippen LogP contribution is 2.21. The van der Waals surface area contributed by atoms with Gasteiger partial charge in [-0.3, -0.25) is 0 Å². The van der Waals surface area contributed by atoms with Crippen molar-refractivity contribution >= 4 is 21.6 Å².